The molecule has 3 aliphatic rings. The number of halogens is 2. The van der Waals surface area contributed by atoms with Crippen LogP contribution < -0.4 is 0 Å². The topological polar surface area (TPSA) is 0 Å². The Labute approximate surface area is 163 Å². The van der Waals surface area contributed by atoms with Gasteiger partial charge in [0.05, 0.1) is 0 Å². The van der Waals surface area contributed by atoms with Gasteiger partial charge in [0.1, 0.15) is 11.6 Å². The fourth-order valence-corrected chi connectivity index (χ4v) is 6.43. The molecule has 0 saturated heterocycles. The van der Waals surface area contributed by atoms with Crippen LogP contribution in [0.4, 0.5) is 8.78 Å². The summed E-state index contributed by atoms with van der Waals surface area (Å²) in [5.74, 6) is 3.92. The minimum Gasteiger partial charge on any atom is -0.207 e. The van der Waals surface area contributed by atoms with Crippen LogP contribution in [-0.4, -0.2) is 0 Å². The van der Waals surface area contributed by atoms with E-state index in [1.165, 1.54) is 58.3 Å². The van der Waals surface area contributed by atoms with Gasteiger partial charge in [-0.3, -0.25) is 0 Å². The molecule has 27 heavy (non-hydrogen) atoms. The molecule has 0 radical (unpaired) electrons. The van der Waals surface area contributed by atoms with E-state index in [2.05, 4.69) is 12.7 Å². The molecule has 0 aromatic heterocycles. The number of benzene rings is 1. The molecule has 4 atom stereocenters. The normalized spacial score (nSPS) is 36.9. The summed E-state index contributed by atoms with van der Waals surface area (Å²) in [5.41, 5.74) is 1.02. The lowest BCUT2D eigenvalue weighted by atomic mass is 9.61. The van der Waals surface area contributed by atoms with Crippen molar-refractivity contribution >= 4 is 0 Å². The Morgan fingerprint density at radius 1 is 0.778 bits per heavy atom. The van der Waals surface area contributed by atoms with Crippen LogP contribution in [0.1, 0.15) is 81.3 Å². The van der Waals surface area contributed by atoms with E-state index in [0.29, 0.717) is 5.92 Å². The van der Waals surface area contributed by atoms with Crippen LogP contribution in [0.25, 0.3) is 0 Å². The zero-order valence-corrected chi connectivity index (χ0v) is 16.7. The van der Waals surface area contributed by atoms with Gasteiger partial charge in [0.25, 0.3) is 0 Å². The minimum absolute atomic E-state index is 0.148. The third-order valence-electron chi connectivity index (χ3n) is 8.24. The van der Waals surface area contributed by atoms with Gasteiger partial charge >= 0.3 is 0 Å². The van der Waals surface area contributed by atoms with Crippen molar-refractivity contribution in [1.29, 1.82) is 0 Å². The largest absolute Gasteiger partial charge is 0.207 e. The van der Waals surface area contributed by atoms with Crippen LogP contribution >= 0.6 is 0 Å². The van der Waals surface area contributed by atoms with E-state index in [1.54, 1.807) is 12.1 Å². The van der Waals surface area contributed by atoms with Crippen LogP contribution in [0.15, 0.2) is 24.8 Å². The predicted octanol–water partition coefficient (Wildman–Crippen LogP) is 7.57. The van der Waals surface area contributed by atoms with Gasteiger partial charge in [-0.05, 0) is 124 Å². The summed E-state index contributed by atoms with van der Waals surface area (Å²) in [4.78, 5) is 0. The summed E-state index contributed by atoms with van der Waals surface area (Å²) < 4.78 is 27.9. The molecule has 3 fully saturated rings. The van der Waals surface area contributed by atoms with E-state index in [9.17, 15) is 8.78 Å². The minimum atomic E-state index is -0.388. The Morgan fingerprint density at radius 2 is 1.30 bits per heavy atom. The quantitative estimate of drug-likeness (QED) is 0.480. The number of hydrogen-bond acceptors (Lipinski definition) is 0. The van der Waals surface area contributed by atoms with Crippen molar-refractivity contribution in [3.63, 3.8) is 0 Å². The second kappa shape index (κ2) is 8.05. The predicted molar refractivity (Wildman–Crippen MR) is 108 cm³/mol. The van der Waals surface area contributed by atoms with Crippen molar-refractivity contribution in [2.24, 2.45) is 29.6 Å². The molecule has 0 nitrogen and oxygen atoms in total. The van der Waals surface area contributed by atoms with Gasteiger partial charge in [0, 0.05) is 5.56 Å². The Bertz CT molecular complexity index is 648. The lowest BCUT2D eigenvalue weighted by molar-refractivity contribution is 0.0719. The van der Waals surface area contributed by atoms with Crippen molar-refractivity contribution in [3.05, 3.63) is 47.5 Å². The highest BCUT2D eigenvalue weighted by Gasteiger charge is 2.38. The summed E-state index contributed by atoms with van der Waals surface area (Å²) in [7, 11) is 0. The van der Waals surface area contributed by atoms with Crippen LogP contribution in [-0.2, 0) is 0 Å². The monoisotopic (exact) mass is 372 g/mol. The number of hydrogen-bond donors (Lipinski definition) is 0. The first kappa shape index (κ1) is 19.2. The van der Waals surface area contributed by atoms with Gasteiger partial charge in [0.2, 0.25) is 0 Å². The van der Waals surface area contributed by atoms with E-state index in [-0.39, 0.29) is 17.2 Å². The van der Waals surface area contributed by atoms with Gasteiger partial charge < -0.3 is 0 Å². The second-order valence-corrected chi connectivity index (χ2v) is 9.62. The smallest absolute Gasteiger partial charge is 0.129 e. The van der Waals surface area contributed by atoms with Gasteiger partial charge in [-0.15, -0.1) is 6.58 Å². The maximum Gasteiger partial charge on any atom is 0.129 e. The van der Waals surface area contributed by atoms with Crippen molar-refractivity contribution in [2.45, 2.75) is 77.0 Å². The lowest BCUT2D eigenvalue weighted by Crippen LogP contribution is -2.34. The number of allylic oxidation sites excluding steroid dienone is 1. The van der Waals surface area contributed by atoms with Crippen LogP contribution in [0.2, 0.25) is 0 Å². The molecular formula is C25H34F2. The van der Waals surface area contributed by atoms with E-state index in [4.69, 9.17) is 0 Å². The maximum absolute atomic E-state index is 13.9. The number of rotatable bonds is 3. The van der Waals surface area contributed by atoms with E-state index < -0.39 is 0 Å². The third kappa shape index (κ3) is 4.00. The molecule has 0 spiro atoms. The number of fused-ring (bicyclic) bond motifs is 1. The maximum atomic E-state index is 13.9. The van der Waals surface area contributed by atoms with Gasteiger partial charge in [-0.25, -0.2) is 8.78 Å². The van der Waals surface area contributed by atoms with Crippen molar-refractivity contribution in [2.75, 3.05) is 0 Å². The molecule has 4 rings (SSSR count). The highest BCUT2D eigenvalue weighted by molar-refractivity contribution is 5.28. The Morgan fingerprint density at radius 3 is 1.93 bits per heavy atom. The fourth-order valence-electron chi connectivity index (χ4n) is 6.43. The standard InChI is InChI=1S/C25H34F2/c1-3-17-4-5-22-13-21(11-10-20(22)12-17)18-6-8-19(9-7-18)23-14-24(26)16(2)25(27)15-23/h3,14-15,17-22H,1,4-13H2,2H3. The molecule has 0 N–H and O–H groups in total. The highest BCUT2D eigenvalue weighted by atomic mass is 19.1. The molecule has 0 heterocycles. The van der Waals surface area contributed by atoms with Crippen molar-refractivity contribution in [3.8, 4) is 0 Å². The zero-order valence-electron chi connectivity index (χ0n) is 16.7. The van der Waals surface area contributed by atoms with Crippen LogP contribution in [0, 0.1) is 48.1 Å². The third-order valence-corrected chi connectivity index (χ3v) is 8.24. The Hall–Kier alpha value is -1.18. The summed E-state index contributed by atoms with van der Waals surface area (Å²) in [6.45, 7) is 5.53. The molecule has 0 bridgehead atoms. The zero-order chi connectivity index (χ0) is 19.0. The Balaban J connectivity index is 1.33. The highest BCUT2D eigenvalue weighted by Crippen LogP contribution is 2.50. The Kier molecular flexibility index (Phi) is 5.71. The lowest BCUT2D eigenvalue weighted by Gasteiger charge is -2.45. The summed E-state index contributed by atoms with van der Waals surface area (Å²) in [5, 5.41) is 0. The molecule has 0 aliphatic heterocycles. The van der Waals surface area contributed by atoms with Crippen molar-refractivity contribution in [1.82, 2.24) is 0 Å². The molecule has 148 valence electrons. The average molecular weight is 373 g/mol. The summed E-state index contributed by atoms with van der Waals surface area (Å²) in [6, 6.07) is 3.15. The first-order valence-electron chi connectivity index (χ1n) is 11.1. The molecule has 4 unspecified atom stereocenters. The SMILES string of the molecule is C=CC1CCC2CC(C3CCC(c4cc(F)c(C)c(F)c4)CC3)CCC2C1. The molecule has 0 amide bonds. The first-order valence-corrected chi connectivity index (χ1v) is 11.1. The van der Waals surface area contributed by atoms with Gasteiger partial charge in [0.15, 0.2) is 0 Å². The average Bonchev–Trinajstić information content (AvgIpc) is 2.71. The summed E-state index contributed by atoms with van der Waals surface area (Å²) in [6.07, 6.45) is 15.2. The van der Waals surface area contributed by atoms with Crippen molar-refractivity contribution < 1.29 is 8.78 Å². The van der Waals surface area contributed by atoms with Gasteiger partial charge in [-0.2, -0.15) is 0 Å². The molecular weight excluding hydrogens is 338 g/mol. The van der Waals surface area contributed by atoms with Crippen LogP contribution in [0.5, 0.6) is 0 Å². The van der Waals surface area contributed by atoms with E-state index >= 15 is 0 Å². The molecule has 2 heteroatoms. The van der Waals surface area contributed by atoms with Crippen LogP contribution in [0.3, 0.4) is 0 Å². The second-order valence-electron chi connectivity index (χ2n) is 9.62. The fraction of sp³-hybridized carbons (Fsp3) is 0.680. The van der Waals surface area contributed by atoms with Gasteiger partial charge in [-0.1, -0.05) is 6.08 Å². The van der Waals surface area contributed by atoms with E-state index in [0.717, 1.165) is 48.0 Å². The molecule has 1 aromatic carbocycles. The first-order chi connectivity index (χ1) is 13.0. The summed E-state index contributed by atoms with van der Waals surface area (Å²) >= 11 is 0. The van der Waals surface area contributed by atoms with E-state index in [1.807, 2.05) is 0 Å². The molecule has 1 aromatic rings. The molecule has 3 aliphatic carbocycles. The molecule has 3 saturated carbocycles.